The maximum Gasteiger partial charge on any atom is 0.335 e. The summed E-state index contributed by atoms with van der Waals surface area (Å²) in [7, 11) is 0. The van der Waals surface area contributed by atoms with Crippen molar-refractivity contribution in [2.45, 2.75) is 0 Å². The summed E-state index contributed by atoms with van der Waals surface area (Å²) in [6.07, 6.45) is 0. The lowest BCUT2D eigenvalue weighted by molar-refractivity contribution is 0.0697. The molecule has 4 N–H and O–H groups in total. The summed E-state index contributed by atoms with van der Waals surface area (Å²) in [5.41, 5.74) is 7.10. The Bertz CT molecular complexity index is 980. The quantitative estimate of drug-likeness (QED) is 0.643. The number of benzene rings is 2. The van der Waals surface area contributed by atoms with Gasteiger partial charge in [-0.1, -0.05) is 18.2 Å². The number of nitrogens with one attached hydrogen (secondary N) is 1. The third kappa shape index (κ3) is 3.71. The second kappa shape index (κ2) is 7.23. The lowest BCUT2D eigenvalue weighted by Crippen LogP contribution is -2.02. The molecule has 0 saturated carbocycles. The fraction of sp³-hybridized carbons (Fsp3) is 0. The molecule has 3 rings (SSSR count). The van der Waals surface area contributed by atoms with Gasteiger partial charge in [-0.25, -0.2) is 4.79 Å². The molecule has 128 valence electrons. The van der Waals surface area contributed by atoms with Crippen molar-refractivity contribution < 1.29 is 14.6 Å². The van der Waals surface area contributed by atoms with Crippen molar-refractivity contribution in [2.75, 3.05) is 11.1 Å². The largest absolute Gasteiger partial charge is 0.478 e. The monoisotopic (exact) mass is 346 g/mol. The van der Waals surface area contributed by atoms with E-state index in [0.717, 1.165) is 0 Å². The van der Waals surface area contributed by atoms with E-state index in [1.807, 2.05) is 12.1 Å². The highest BCUT2D eigenvalue weighted by Crippen LogP contribution is 2.30. The van der Waals surface area contributed by atoms with Crippen LogP contribution in [0.15, 0.2) is 60.7 Å². The van der Waals surface area contributed by atoms with Crippen LogP contribution < -0.4 is 15.8 Å². The molecule has 1 aromatic heterocycles. The minimum absolute atomic E-state index is 0.0864. The van der Waals surface area contributed by atoms with Gasteiger partial charge in [0.2, 0.25) is 5.88 Å². The molecule has 0 spiro atoms. The van der Waals surface area contributed by atoms with Crippen LogP contribution in [0.25, 0.3) is 0 Å². The van der Waals surface area contributed by atoms with Crippen LogP contribution in [0.5, 0.6) is 11.6 Å². The summed E-state index contributed by atoms with van der Waals surface area (Å²) in [5, 5.41) is 21.3. The van der Waals surface area contributed by atoms with Gasteiger partial charge >= 0.3 is 5.97 Å². The van der Waals surface area contributed by atoms with Crippen LogP contribution in [0.1, 0.15) is 15.9 Å². The number of hydrogen-bond donors (Lipinski definition) is 3. The minimum Gasteiger partial charge on any atom is -0.478 e. The molecule has 1 heterocycles. The number of hydrogen-bond acceptors (Lipinski definition) is 6. The number of carboxylic acid groups (broad SMARTS) is 1. The molecule has 0 aliphatic carbocycles. The van der Waals surface area contributed by atoms with Crippen molar-refractivity contribution in [3.8, 4) is 17.7 Å². The van der Waals surface area contributed by atoms with Gasteiger partial charge in [0, 0.05) is 11.8 Å². The lowest BCUT2D eigenvalue weighted by atomic mass is 10.2. The highest BCUT2D eigenvalue weighted by atomic mass is 16.5. The molecule has 0 unspecified atom stereocenters. The van der Waals surface area contributed by atoms with Crippen LogP contribution in [0, 0.1) is 11.3 Å². The average molecular weight is 346 g/mol. The van der Waals surface area contributed by atoms with Crippen molar-refractivity contribution >= 4 is 23.2 Å². The zero-order valence-electron chi connectivity index (χ0n) is 13.5. The van der Waals surface area contributed by atoms with Gasteiger partial charge in [0.25, 0.3) is 0 Å². The van der Waals surface area contributed by atoms with Gasteiger partial charge in [0.15, 0.2) is 0 Å². The Balaban J connectivity index is 1.90. The maximum atomic E-state index is 10.9. The molecular formula is C19H14N4O3. The highest BCUT2D eigenvalue weighted by Gasteiger charge is 2.13. The van der Waals surface area contributed by atoms with E-state index in [9.17, 15) is 10.1 Å². The third-order valence-electron chi connectivity index (χ3n) is 3.49. The van der Waals surface area contributed by atoms with Gasteiger partial charge in [-0.05, 0) is 36.4 Å². The van der Waals surface area contributed by atoms with Crippen molar-refractivity contribution in [2.24, 2.45) is 0 Å². The number of aromatic carboxylic acids is 1. The number of carbonyl (C=O) groups is 1. The van der Waals surface area contributed by atoms with E-state index < -0.39 is 5.97 Å². The normalized spacial score (nSPS) is 9.96. The number of pyridine rings is 1. The summed E-state index contributed by atoms with van der Waals surface area (Å²) < 4.78 is 5.68. The lowest BCUT2D eigenvalue weighted by Gasteiger charge is -2.12. The number of ether oxygens (including phenoxy) is 1. The summed E-state index contributed by atoms with van der Waals surface area (Å²) in [4.78, 5) is 15.2. The molecule has 0 aliphatic rings. The number of para-hydroxylation sites is 1. The van der Waals surface area contributed by atoms with Crippen LogP contribution >= 0.6 is 0 Å². The molecule has 7 nitrogen and oxygen atoms in total. The van der Waals surface area contributed by atoms with Gasteiger partial charge in [-0.15, -0.1) is 0 Å². The first kappa shape index (κ1) is 16.8. The molecular weight excluding hydrogens is 332 g/mol. The van der Waals surface area contributed by atoms with E-state index in [1.165, 1.54) is 18.2 Å². The number of nitrogen functional groups attached to an aromatic ring is 1. The fourth-order valence-corrected chi connectivity index (χ4v) is 2.23. The number of nitrogens with two attached hydrogens (primary N) is 1. The number of anilines is 3. The summed E-state index contributed by atoms with van der Waals surface area (Å²) in [6.45, 7) is 0. The first-order valence-electron chi connectivity index (χ1n) is 7.60. The Kier molecular flexibility index (Phi) is 4.67. The molecule has 0 bridgehead atoms. The number of carboxylic acids is 1. The number of nitrogens with zero attached hydrogens (tertiary/aromatic N) is 2. The Hall–Kier alpha value is -4.05. The third-order valence-corrected chi connectivity index (χ3v) is 3.49. The second-order valence-electron chi connectivity index (χ2n) is 5.31. The standard InChI is InChI=1S/C19H14N4O3/c20-11-15-16(21)10-17(22-13-8-6-12(7-9-13)19(24)25)23-18(15)26-14-4-2-1-3-5-14/h1-10H,(H,24,25)(H3,21,22,23). The number of nitriles is 1. The molecule has 7 heteroatoms. The van der Waals surface area contributed by atoms with E-state index >= 15 is 0 Å². The van der Waals surface area contributed by atoms with Crippen LogP contribution in [-0.2, 0) is 0 Å². The Labute approximate surface area is 149 Å². The molecule has 0 aliphatic heterocycles. The first-order chi connectivity index (χ1) is 12.6. The Morgan fingerprint density at radius 3 is 2.46 bits per heavy atom. The average Bonchev–Trinajstić information content (AvgIpc) is 2.63. The Morgan fingerprint density at radius 1 is 1.15 bits per heavy atom. The van der Waals surface area contributed by atoms with Gasteiger partial charge in [-0.3, -0.25) is 0 Å². The zero-order valence-corrected chi connectivity index (χ0v) is 13.5. The van der Waals surface area contributed by atoms with Gasteiger partial charge < -0.3 is 20.9 Å². The predicted molar refractivity (Wildman–Crippen MR) is 96.6 cm³/mol. The maximum absolute atomic E-state index is 10.9. The van der Waals surface area contributed by atoms with Crippen molar-refractivity contribution in [1.29, 1.82) is 5.26 Å². The zero-order chi connectivity index (χ0) is 18.5. The van der Waals surface area contributed by atoms with Crippen LogP contribution in [0.3, 0.4) is 0 Å². The van der Waals surface area contributed by atoms with Crippen molar-refractivity contribution in [1.82, 2.24) is 4.98 Å². The summed E-state index contributed by atoms with van der Waals surface area (Å²) in [5.74, 6) is -0.0198. The van der Waals surface area contributed by atoms with Gasteiger partial charge in [-0.2, -0.15) is 10.2 Å². The van der Waals surface area contributed by atoms with E-state index in [2.05, 4.69) is 10.3 Å². The smallest absolute Gasteiger partial charge is 0.335 e. The van der Waals surface area contributed by atoms with E-state index in [1.54, 1.807) is 36.4 Å². The van der Waals surface area contributed by atoms with Crippen LogP contribution in [0.2, 0.25) is 0 Å². The molecule has 2 aromatic carbocycles. The van der Waals surface area contributed by atoms with Crippen molar-refractivity contribution in [3.63, 3.8) is 0 Å². The molecule has 26 heavy (non-hydrogen) atoms. The second-order valence-corrected chi connectivity index (χ2v) is 5.31. The number of aromatic nitrogens is 1. The first-order valence-corrected chi connectivity index (χ1v) is 7.60. The number of rotatable bonds is 5. The summed E-state index contributed by atoms with van der Waals surface area (Å²) >= 11 is 0. The molecule has 0 fully saturated rings. The highest BCUT2D eigenvalue weighted by molar-refractivity contribution is 5.88. The van der Waals surface area contributed by atoms with E-state index in [-0.39, 0.29) is 22.7 Å². The van der Waals surface area contributed by atoms with Gasteiger partial charge in [0.05, 0.1) is 11.3 Å². The SMILES string of the molecule is N#Cc1c(N)cc(Nc2ccc(C(=O)O)cc2)nc1Oc1ccccc1. The molecule has 3 aromatic rings. The predicted octanol–water partition coefficient (Wildman–Crippen LogP) is 3.77. The van der Waals surface area contributed by atoms with Crippen LogP contribution in [0.4, 0.5) is 17.2 Å². The van der Waals surface area contributed by atoms with E-state index in [0.29, 0.717) is 17.3 Å². The molecule has 0 radical (unpaired) electrons. The van der Waals surface area contributed by atoms with E-state index in [4.69, 9.17) is 15.6 Å². The van der Waals surface area contributed by atoms with Gasteiger partial charge in [0.1, 0.15) is 23.2 Å². The fourth-order valence-electron chi connectivity index (χ4n) is 2.23. The molecule has 0 saturated heterocycles. The van der Waals surface area contributed by atoms with Crippen LogP contribution in [-0.4, -0.2) is 16.1 Å². The summed E-state index contributed by atoms with van der Waals surface area (Å²) in [6, 6.07) is 18.6. The minimum atomic E-state index is -1.00. The molecule has 0 atom stereocenters. The Morgan fingerprint density at radius 2 is 1.85 bits per heavy atom. The van der Waals surface area contributed by atoms with Crippen molar-refractivity contribution in [3.05, 3.63) is 71.8 Å². The topological polar surface area (TPSA) is 121 Å². The molecule has 0 amide bonds.